The van der Waals surface area contributed by atoms with E-state index in [-0.39, 0.29) is 6.10 Å². The molecule has 1 aromatic heterocycles. The Kier molecular flexibility index (Phi) is 6.25. The number of hydrogen-bond donors (Lipinski definition) is 3. The number of aryl methyl sites for hydroxylation is 1. The van der Waals surface area contributed by atoms with Gasteiger partial charge in [0.1, 0.15) is 12.1 Å². The van der Waals surface area contributed by atoms with Gasteiger partial charge in [0.2, 0.25) is 0 Å². The zero-order chi connectivity index (χ0) is 20.4. The van der Waals surface area contributed by atoms with Crippen molar-refractivity contribution < 1.29 is 10.2 Å². The van der Waals surface area contributed by atoms with Crippen LogP contribution in [0.25, 0.3) is 6.08 Å². The van der Waals surface area contributed by atoms with E-state index in [1.54, 1.807) is 0 Å². The first-order valence-corrected chi connectivity index (χ1v) is 10.8. The lowest BCUT2D eigenvalue weighted by molar-refractivity contribution is 0.127. The predicted octanol–water partition coefficient (Wildman–Crippen LogP) is 3.17. The van der Waals surface area contributed by atoms with Gasteiger partial charge in [-0.3, -0.25) is 5.32 Å². The molecule has 0 spiro atoms. The Morgan fingerprint density at radius 3 is 2.62 bits per heavy atom. The van der Waals surface area contributed by atoms with Crippen molar-refractivity contribution >= 4 is 23.4 Å². The highest BCUT2D eigenvalue weighted by molar-refractivity contribution is 6.31. The number of aliphatic hydroxyl groups excluding tert-OH is 2. The summed E-state index contributed by atoms with van der Waals surface area (Å²) in [6.45, 7) is 5.14. The van der Waals surface area contributed by atoms with Crippen molar-refractivity contribution in [3.8, 4) is 0 Å². The lowest BCUT2D eigenvalue weighted by atomic mass is 10.1. The van der Waals surface area contributed by atoms with Crippen LogP contribution in [0.2, 0.25) is 0 Å². The number of benzene rings is 1. The number of nitrogens with one attached hydrogen (secondary N) is 1. The number of nitrogens with zero attached hydrogens (tertiary/aromatic N) is 3. The third-order valence-corrected chi connectivity index (χ3v) is 6.13. The molecule has 6 nitrogen and oxygen atoms in total. The normalized spacial score (nSPS) is 18.5. The monoisotopic (exact) mass is 416 g/mol. The van der Waals surface area contributed by atoms with Crippen molar-refractivity contribution in [3.63, 3.8) is 0 Å². The van der Waals surface area contributed by atoms with Crippen molar-refractivity contribution in [1.29, 1.82) is 0 Å². The van der Waals surface area contributed by atoms with Gasteiger partial charge in [-0.1, -0.05) is 30.7 Å². The van der Waals surface area contributed by atoms with E-state index >= 15 is 0 Å². The number of halogens is 1. The summed E-state index contributed by atoms with van der Waals surface area (Å²) in [6, 6.07) is 8.42. The van der Waals surface area contributed by atoms with Crippen LogP contribution in [0.1, 0.15) is 55.2 Å². The van der Waals surface area contributed by atoms with E-state index in [9.17, 15) is 10.2 Å². The first-order chi connectivity index (χ1) is 14.0. The van der Waals surface area contributed by atoms with Gasteiger partial charge in [0.05, 0.1) is 17.5 Å². The molecule has 1 unspecified atom stereocenters. The van der Waals surface area contributed by atoms with Gasteiger partial charge in [0.15, 0.2) is 0 Å². The van der Waals surface area contributed by atoms with E-state index in [4.69, 9.17) is 11.6 Å². The molecular formula is C22H29ClN4O2. The predicted molar refractivity (Wildman–Crippen MR) is 116 cm³/mol. The second-order valence-corrected chi connectivity index (χ2v) is 8.30. The first-order valence-electron chi connectivity index (χ1n) is 10.4. The molecule has 0 radical (unpaired) electrons. The molecule has 0 amide bonds. The Morgan fingerprint density at radius 2 is 1.93 bits per heavy atom. The van der Waals surface area contributed by atoms with Gasteiger partial charge in [0.25, 0.3) is 0 Å². The van der Waals surface area contributed by atoms with Crippen LogP contribution in [0.3, 0.4) is 0 Å². The Hall–Kier alpha value is -1.86. The zero-order valence-corrected chi connectivity index (χ0v) is 17.6. The topological polar surface area (TPSA) is 73.5 Å². The molecule has 0 aliphatic carbocycles. The Bertz CT molecular complexity index is 870. The molecule has 2 aromatic rings. The summed E-state index contributed by atoms with van der Waals surface area (Å²) >= 11 is 6.16. The molecule has 2 aliphatic rings. The number of fused-ring (bicyclic) bond motifs is 1. The van der Waals surface area contributed by atoms with Gasteiger partial charge in [-0.2, -0.15) is 0 Å². The fourth-order valence-corrected chi connectivity index (χ4v) is 4.32. The summed E-state index contributed by atoms with van der Waals surface area (Å²) in [7, 11) is 0. The maximum Gasteiger partial charge on any atom is 0.148 e. The van der Waals surface area contributed by atoms with E-state index < -0.39 is 6.23 Å². The Balaban J connectivity index is 1.41. The van der Waals surface area contributed by atoms with Crippen molar-refractivity contribution in [1.82, 2.24) is 14.9 Å². The molecule has 0 saturated carbocycles. The minimum Gasteiger partial charge on any atom is -0.393 e. The summed E-state index contributed by atoms with van der Waals surface area (Å²) in [6.07, 6.45) is 4.13. The maximum absolute atomic E-state index is 10.8. The van der Waals surface area contributed by atoms with Crippen LogP contribution in [0.5, 0.6) is 0 Å². The average Bonchev–Trinajstić information content (AvgIpc) is 3.10. The minimum absolute atomic E-state index is 0.162. The summed E-state index contributed by atoms with van der Waals surface area (Å²) in [4.78, 5) is 6.95. The number of rotatable bonds is 6. The highest BCUT2D eigenvalue weighted by Gasteiger charge is 2.23. The van der Waals surface area contributed by atoms with E-state index in [0.717, 1.165) is 73.1 Å². The lowest BCUT2D eigenvalue weighted by Gasteiger charge is -2.31. The van der Waals surface area contributed by atoms with Gasteiger partial charge in [0, 0.05) is 43.3 Å². The number of anilines is 1. The highest BCUT2D eigenvalue weighted by Crippen LogP contribution is 2.27. The van der Waals surface area contributed by atoms with Crippen LogP contribution in [0.15, 0.2) is 29.3 Å². The summed E-state index contributed by atoms with van der Waals surface area (Å²) in [5.41, 5.74) is 4.05. The number of hydrogen-bond acceptors (Lipinski definition) is 5. The molecule has 29 heavy (non-hydrogen) atoms. The van der Waals surface area contributed by atoms with Crippen molar-refractivity contribution in [2.24, 2.45) is 0 Å². The van der Waals surface area contributed by atoms with Gasteiger partial charge in [-0.15, -0.1) is 0 Å². The SMILES string of the molecule is CCc1nc2n(c1C(O)NCc1ccc(N3CCC(O)CC3)cc1)CCC(Cl)=C2. The number of aromatic nitrogens is 2. The van der Waals surface area contributed by atoms with E-state index in [2.05, 4.69) is 44.0 Å². The van der Waals surface area contributed by atoms with Crippen LogP contribution in [-0.2, 0) is 19.5 Å². The Morgan fingerprint density at radius 1 is 1.21 bits per heavy atom. The molecule has 156 valence electrons. The molecule has 7 heteroatoms. The van der Waals surface area contributed by atoms with E-state index in [1.165, 1.54) is 5.69 Å². The number of piperidine rings is 1. The fourth-order valence-electron chi connectivity index (χ4n) is 4.14. The smallest absolute Gasteiger partial charge is 0.148 e. The van der Waals surface area contributed by atoms with Gasteiger partial charge < -0.3 is 19.7 Å². The number of aliphatic hydroxyl groups is 2. The van der Waals surface area contributed by atoms with Crippen molar-refractivity contribution in [2.75, 3.05) is 18.0 Å². The molecule has 2 aliphatic heterocycles. The standard InChI is InChI=1S/C22H29ClN4O2/c1-2-19-21(27-12-7-16(23)13-20(27)25-19)22(29)24-14-15-3-5-17(6-4-15)26-10-8-18(28)9-11-26/h3-6,13,18,22,24,28-29H,2,7-12,14H2,1H3. The third kappa shape index (κ3) is 4.51. The second kappa shape index (κ2) is 8.88. The van der Waals surface area contributed by atoms with Crippen LogP contribution < -0.4 is 10.2 Å². The van der Waals surface area contributed by atoms with Gasteiger partial charge in [-0.05, 0) is 43.0 Å². The molecule has 3 heterocycles. The molecule has 1 atom stereocenters. The number of imidazole rings is 1. The summed E-state index contributed by atoms with van der Waals surface area (Å²) in [5.74, 6) is 0.824. The fraction of sp³-hybridized carbons (Fsp3) is 0.500. The Labute approximate surface area is 176 Å². The van der Waals surface area contributed by atoms with Crippen LogP contribution in [0, 0.1) is 0 Å². The minimum atomic E-state index is -0.778. The van der Waals surface area contributed by atoms with Crippen LogP contribution >= 0.6 is 11.6 Å². The van der Waals surface area contributed by atoms with Crippen molar-refractivity contribution in [2.45, 2.75) is 58.0 Å². The maximum atomic E-state index is 10.8. The first kappa shape index (κ1) is 20.4. The largest absolute Gasteiger partial charge is 0.393 e. The van der Waals surface area contributed by atoms with Crippen LogP contribution in [-0.4, -0.2) is 39.0 Å². The van der Waals surface area contributed by atoms with E-state index in [1.807, 2.05) is 13.0 Å². The van der Waals surface area contributed by atoms with Gasteiger partial charge in [-0.25, -0.2) is 4.98 Å². The van der Waals surface area contributed by atoms with Crippen LogP contribution in [0.4, 0.5) is 5.69 Å². The highest BCUT2D eigenvalue weighted by atomic mass is 35.5. The molecule has 3 N–H and O–H groups in total. The molecular weight excluding hydrogens is 388 g/mol. The number of allylic oxidation sites excluding steroid dienone is 1. The van der Waals surface area contributed by atoms with E-state index in [0.29, 0.717) is 6.54 Å². The summed E-state index contributed by atoms with van der Waals surface area (Å²) in [5, 5.41) is 24.5. The third-order valence-electron chi connectivity index (χ3n) is 5.83. The second-order valence-electron chi connectivity index (χ2n) is 7.82. The average molecular weight is 417 g/mol. The molecule has 0 bridgehead atoms. The zero-order valence-electron chi connectivity index (χ0n) is 16.8. The van der Waals surface area contributed by atoms with Crippen molar-refractivity contribution in [3.05, 3.63) is 52.1 Å². The quantitative estimate of drug-likeness (QED) is 0.631. The molecule has 1 saturated heterocycles. The van der Waals surface area contributed by atoms with Gasteiger partial charge >= 0.3 is 0 Å². The lowest BCUT2D eigenvalue weighted by Crippen LogP contribution is -2.35. The molecule has 1 fully saturated rings. The molecule has 1 aromatic carbocycles. The summed E-state index contributed by atoms with van der Waals surface area (Å²) < 4.78 is 2.07. The molecule has 4 rings (SSSR count).